The van der Waals surface area contributed by atoms with Gasteiger partial charge >= 0.3 is 0 Å². The van der Waals surface area contributed by atoms with Crippen LogP contribution < -0.4 is 14.8 Å². The second-order valence-electron chi connectivity index (χ2n) is 6.10. The molecule has 1 aliphatic rings. The van der Waals surface area contributed by atoms with E-state index in [0.717, 1.165) is 5.75 Å². The second-order valence-corrected chi connectivity index (χ2v) is 6.10. The van der Waals surface area contributed by atoms with Gasteiger partial charge in [0.05, 0.1) is 6.54 Å². The summed E-state index contributed by atoms with van der Waals surface area (Å²) < 4.78 is 11.7. The van der Waals surface area contributed by atoms with Gasteiger partial charge < -0.3 is 19.7 Å². The third-order valence-electron chi connectivity index (χ3n) is 4.09. The Morgan fingerprint density at radius 3 is 2.65 bits per heavy atom. The number of likely N-dealkylation sites (N-methyl/N-ethyl adjacent to an activating group) is 1. The molecule has 0 radical (unpaired) electrons. The van der Waals surface area contributed by atoms with Crippen molar-refractivity contribution in [1.29, 1.82) is 0 Å². The number of hydrogen-bond donors (Lipinski definition) is 1. The maximum atomic E-state index is 12.9. The van der Waals surface area contributed by atoms with E-state index < -0.39 is 0 Å². The van der Waals surface area contributed by atoms with E-state index in [1.807, 2.05) is 31.2 Å². The van der Waals surface area contributed by atoms with Crippen LogP contribution >= 0.6 is 0 Å². The summed E-state index contributed by atoms with van der Waals surface area (Å²) in [5, 5.41) is 2.70. The highest BCUT2D eigenvalue weighted by atomic mass is 16.6. The number of benzene rings is 2. The Morgan fingerprint density at radius 1 is 1.15 bits per heavy atom. The van der Waals surface area contributed by atoms with E-state index in [0.29, 0.717) is 36.7 Å². The summed E-state index contributed by atoms with van der Waals surface area (Å²) in [6.07, 6.45) is -0.229. The van der Waals surface area contributed by atoms with Gasteiger partial charge in [-0.3, -0.25) is 9.59 Å². The van der Waals surface area contributed by atoms with E-state index in [4.69, 9.17) is 9.47 Å². The SMILES string of the molecule is CCN(CC1COc2ccccc2O1)C(=O)c1cccc(NC(C)=O)c1. The molecule has 2 amide bonds. The highest BCUT2D eigenvalue weighted by Crippen LogP contribution is 2.31. The van der Waals surface area contributed by atoms with Gasteiger partial charge in [0.15, 0.2) is 17.6 Å². The first kappa shape index (κ1) is 17.8. The van der Waals surface area contributed by atoms with Crippen LogP contribution in [0.3, 0.4) is 0 Å². The van der Waals surface area contributed by atoms with Crippen LogP contribution in [0.2, 0.25) is 0 Å². The molecule has 0 aliphatic carbocycles. The quantitative estimate of drug-likeness (QED) is 0.896. The zero-order chi connectivity index (χ0) is 18.5. The van der Waals surface area contributed by atoms with Crippen molar-refractivity contribution < 1.29 is 19.1 Å². The molecular formula is C20H22N2O4. The molecule has 136 valence electrons. The van der Waals surface area contributed by atoms with Gasteiger partial charge in [-0.15, -0.1) is 0 Å². The van der Waals surface area contributed by atoms with Crippen molar-refractivity contribution in [2.24, 2.45) is 0 Å². The molecule has 6 nitrogen and oxygen atoms in total. The molecule has 0 bridgehead atoms. The Hall–Kier alpha value is -3.02. The number of carbonyl (C=O) groups excluding carboxylic acids is 2. The first-order chi connectivity index (χ1) is 12.6. The largest absolute Gasteiger partial charge is 0.486 e. The lowest BCUT2D eigenvalue weighted by Crippen LogP contribution is -2.43. The molecule has 1 N–H and O–H groups in total. The van der Waals surface area contributed by atoms with Gasteiger partial charge in [-0.25, -0.2) is 0 Å². The average Bonchev–Trinajstić information content (AvgIpc) is 2.65. The minimum Gasteiger partial charge on any atom is -0.486 e. The number of ether oxygens (including phenoxy) is 2. The van der Waals surface area contributed by atoms with Crippen LogP contribution in [0.4, 0.5) is 5.69 Å². The van der Waals surface area contributed by atoms with Crippen LogP contribution in [-0.4, -0.2) is 42.5 Å². The van der Waals surface area contributed by atoms with Crippen molar-refractivity contribution in [1.82, 2.24) is 4.90 Å². The smallest absolute Gasteiger partial charge is 0.254 e. The van der Waals surface area contributed by atoms with Gasteiger partial charge in [-0.2, -0.15) is 0 Å². The fraction of sp³-hybridized carbons (Fsp3) is 0.300. The number of anilines is 1. The molecule has 1 unspecified atom stereocenters. The lowest BCUT2D eigenvalue weighted by atomic mass is 10.1. The van der Waals surface area contributed by atoms with Crippen LogP contribution in [-0.2, 0) is 4.79 Å². The number of nitrogens with zero attached hydrogens (tertiary/aromatic N) is 1. The summed E-state index contributed by atoms with van der Waals surface area (Å²) in [6, 6.07) is 14.4. The fourth-order valence-corrected chi connectivity index (χ4v) is 2.87. The summed E-state index contributed by atoms with van der Waals surface area (Å²) in [5.41, 5.74) is 1.13. The molecule has 2 aromatic rings. The van der Waals surface area contributed by atoms with Gasteiger partial charge in [0.2, 0.25) is 5.91 Å². The van der Waals surface area contributed by atoms with Crippen molar-refractivity contribution in [2.75, 3.05) is 25.0 Å². The van der Waals surface area contributed by atoms with Crippen LogP contribution in [0.5, 0.6) is 11.5 Å². The topological polar surface area (TPSA) is 67.9 Å². The molecule has 0 aromatic heterocycles. The molecule has 0 spiro atoms. The summed E-state index contributed by atoms with van der Waals surface area (Å²) in [7, 11) is 0. The number of carbonyl (C=O) groups is 2. The van der Waals surface area contributed by atoms with Crippen LogP contribution in [0.15, 0.2) is 48.5 Å². The third kappa shape index (κ3) is 4.14. The minimum atomic E-state index is -0.229. The monoisotopic (exact) mass is 354 g/mol. The molecule has 0 saturated carbocycles. The van der Waals surface area contributed by atoms with E-state index in [2.05, 4.69) is 5.32 Å². The van der Waals surface area contributed by atoms with Crippen molar-refractivity contribution in [3.05, 3.63) is 54.1 Å². The highest BCUT2D eigenvalue weighted by Gasteiger charge is 2.25. The third-order valence-corrected chi connectivity index (χ3v) is 4.09. The van der Waals surface area contributed by atoms with E-state index in [-0.39, 0.29) is 17.9 Å². The normalized spacial score (nSPS) is 15.2. The Labute approximate surface area is 152 Å². The molecule has 1 aliphatic heterocycles. The number of hydrogen-bond acceptors (Lipinski definition) is 4. The number of para-hydroxylation sites is 2. The summed E-state index contributed by atoms with van der Waals surface area (Å²) in [6.45, 7) is 4.73. The second kappa shape index (κ2) is 7.91. The summed E-state index contributed by atoms with van der Waals surface area (Å²) in [4.78, 5) is 25.8. The number of fused-ring (bicyclic) bond motifs is 1. The predicted octanol–water partition coefficient (Wildman–Crippen LogP) is 2.95. The zero-order valence-electron chi connectivity index (χ0n) is 14.9. The number of amides is 2. The first-order valence-corrected chi connectivity index (χ1v) is 8.62. The van der Waals surface area contributed by atoms with E-state index in [1.54, 1.807) is 29.2 Å². The molecule has 1 heterocycles. The summed E-state index contributed by atoms with van der Waals surface area (Å²) >= 11 is 0. The Kier molecular flexibility index (Phi) is 5.41. The molecule has 0 fully saturated rings. The van der Waals surface area contributed by atoms with Crippen molar-refractivity contribution in [2.45, 2.75) is 20.0 Å². The molecule has 0 saturated heterocycles. The maximum Gasteiger partial charge on any atom is 0.254 e. The van der Waals surface area contributed by atoms with Gasteiger partial charge in [-0.05, 0) is 37.3 Å². The van der Waals surface area contributed by atoms with Crippen LogP contribution in [0, 0.1) is 0 Å². The van der Waals surface area contributed by atoms with Gasteiger partial charge in [0.1, 0.15) is 6.61 Å². The molecule has 3 rings (SSSR count). The Morgan fingerprint density at radius 2 is 1.92 bits per heavy atom. The van der Waals surface area contributed by atoms with Crippen LogP contribution in [0.1, 0.15) is 24.2 Å². The predicted molar refractivity (Wildman–Crippen MR) is 98.7 cm³/mol. The molecular weight excluding hydrogens is 332 g/mol. The van der Waals surface area contributed by atoms with E-state index >= 15 is 0 Å². The fourth-order valence-electron chi connectivity index (χ4n) is 2.87. The summed E-state index contributed by atoms with van der Waals surface area (Å²) in [5.74, 6) is 1.14. The molecule has 2 aromatic carbocycles. The van der Waals surface area contributed by atoms with Crippen molar-refractivity contribution in [3.63, 3.8) is 0 Å². The molecule has 6 heteroatoms. The lowest BCUT2D eigenvalue weighted by molar-refractivity contribution is -0.114. The van der Waals surface area contributed by atoms with E-state index in [1.165, 1.54) is 6.92 Å². The number of nitrogens with one attached hydrogen (secondary N) is 1. The highest BCUT2D eigenvalue weighted by molar-refractivity contribution is 5.96. The van der Waals surface area contributed by atoms with Crippen molar-refractivity contribution >= 4 is 17.5 Å². The standard InChI is InChI=1S/C20H22N2O4/c1-3-22(12-17-13-25-18-9-4-5-10-19(18)26-17)20(24)15-7-6-8-16(11-15)21-14(2)23/h4-11,17H,3,12-13H2,1-2H3,(H,21,23). The van der Waals surface area contributed by atoms with Gasteiger partial charge in [0.25, 0.3) is 5.91 Å². The molecule has 1 atom stereocenters. The molecule has 26 heavy (non-hydrogen) atoms. The number of rotatable bonds is 5. The first-order valence-electron chi connectivity index (χ1n) is 8.62. The minimum absolute atomic E-state index is 0.109. The van der Waals surface area contributed by atoms with Gasteiger partial charge in [0, 0.05) is 24.7 Å². The lowest BCUT2D eigenvalue weighted by Gasteiger charge is -2.31. The Bertz CT molecular complexity index is 806. The average molecular weight is 354 g/mol. The zero-order valence-corrected chi connectivity index (χ0v) is 14.9. The van der Waals surface area contributed by atoms with E-state index in [9.17, 15) is 9.59 Å². The Balaban J connectivity index is 1.69. The van der Waals surface area contributed by atoms with Gasteiger partial charge in [-0.1, -0.05) is 18.2 Å². The maximum absolute atomic E-state index is 12.9. The van der Waals surface area contributed by atoms with Crippen molar-refractivity contribution in [3.8, 4) is 11.5 Å². The van der Waals surface area contributed by atoms with Crippen LogP contribution in [0.25, 0.3) is 0 Å².